The third kappa shape index (κ3) is 4.64. The van der Waals surface area contributed by atoms with E-state index >= 15 is 0 Å². The maximum absolute atomic E-state index is 12.8. The molecule has 2 rings (SSSR count). The molecule has 1 aliphatic heterocycles. The van der Waals surface area contributed by atoms with Crippen molar-refractivity contribution < 1.29 is 19.5 Å². The number of amides is 2. The highest BCUT2D eigenvalue weighted by Gasteiger charge is 2.36. The third-order valence-electron chi connectivity index (χ3n) is 4.25. The summed E-state index contributed by atoms with van der Waals surface area (Å²) in [5.41, 5.74) is 0.377. The monoisotopic (exact) mass is 386 g/mol. The van der Waals surface area contributed by atoms with E-state index in [4.69, 9.17) is 28.3 Å². The summed E-state index contributed by atoms with van der Waals surface area (Å²) in [5.74, 6) is -1.44. The van der Waals surface area contributed by atoms with Gasteiger partial charge < -0.3 is 14.9 Å². The first kappa shape index (κ1) is 19.5. The molecule has 0 bridgehead atoms. The van der Waals surface area contributed by atoms with Crippen molar-refractivity contribution in [3.63, 3.8) is 0 Å². The van der Waals surface area contributed by atoms with Gasteiger partial charge in [-0.15, -0.1) is 0 Å². The standard InChI is InChI=1S/C17H20Cl2N2O4/c1-2-20(9-7-15(22)23)17(25)14-4-3-8-21(14)16(24)11-5-6-12(18)13(19)10-11/h5-6,10,14H,2-4,7-9H2,1H3,(H,22,23). The maximum atomic E-state index is 12.8. The normalized spacial score (nSPS) is 16.8. The van der Waals surface area contributed by atoms with Gasteiger partial charge in [0.05, 0.1) is 16.5 Å². The lowest BCUT2D eigenvalue weighted by molar-refractivity contribution is -0.139. The lowest BCUT2D eigenvalue weighted by Crippen LogP contribution is -2.48. The molecule has 0 radical (unpaired) electrons. The number of halogens is 2. The Bertz CT molecular complexity index is 681. The summed E-state index contributed by atoms with van der Waals surface area (Å²) < 4.78 is 0. The van der Waals surface area contributed by atoms with Crippen molar-refractivity contribution in [3.05, 3.63) is 33.8 Å². The minimum absolute atomic E-state index is 0.118. The first-order chi connectivity index (χ1) is 11.8. The number of hydrogen-bond acceptors (Lipinski definition) is 3. The number of likely N-dealkylation sites (N-methyl/N-ethyl adjacent to an activating group) is 1. The lowest BCUT2D eigenvalue weighted by Gasteiger charge is -2.29. The molecular formula is C17H20Cl2N2O4. The van der Waals surface area contributed by atoms with E-state index in [1.54, 1.807) is 19.1 Å². The van der Waals surface area contributed by atoms with Crippen molar-refractivity contribution in [2.45, 2.75) is 32.2 Å². The molecule has 1 saturated heterocycles. The zero-order valence-corrected chi connectivity index (χ0v) is 15.4. The van der Waals surface area contributed by atoms with E-state index in [2.05, 4.69) is 0 Å². The van der Waals surface area contributed by atoms with Gasteiger partial charge in [0.1, 0.15) is 6.04 Å². The summed E-state index contributed by atoms with van der Waals surface area (Å²) in [5, 5.41) is 9.46. The van der Waals surface area contributed by atoms with E-state index < -0.39 is 12.0 Å². The number of likely N-dealkylation sites (tertiary alicyclic amines) is 1. The molecule has 1 fully saturated rings. The van der Waals surface area contributed by atoms with Crippen LogP contribution in [-0.2, 0) is 9.59 Å². The van der Waals surface area contributed by atoms with Gasteiger partial charge in [-0.25, -0.2) is 0 Å². The Hall–Kier alpha value is -1.79. The second kappa shape index (κ2) is 8.54. The summed E-state index contributed by atoms with van der Waals surface area (Å²) in [7, 11) is 0. The lowest BCUT2D eigenvalue weighted by atomic mass is 10.1. The Kier molecular flexibility index (Phi) is 6.67. The second-order valence-corrected chi connectivity index (χ2v) is 6.66. The largest absolute Gasteiger partial charge is 0.481 e. The third-order valence-corrected chi connectivity index (χ3v) is 4.99. The highest BCUT2D eigenvalue weighted by Crippen LogP contribution is 2.26. The summed E-state index contributed by atoms with van der Waals surface area (Å²) >= 11 is 11.9. The van der Waals surface area contributed by atoms with Gasteiger partial charge in [0, 0.05) is 25.2 Å². The molecule has 0 aliphatic carbocycles. The van der Waals surface area contributed by atoms with Crippen LogP contribution in [0.2, 0.25) is 10.0 Å². The molecule has 1 unspecified atom stereocenters. The van der Waals surface area contributed by atoms with Crippen LogP contribution >= 0.6 is 23.2 Å². The van der Waals surface area contributed by atoms with Crippen LogP contribution in [0.25, 0.3) is 0 Å². The first-order valence-corrected chi connectivity index (χ1v) is 8.87. The zero-order valence-electron chi connectivity index (χ0n) is 13.9. The summed E-state index contributed by atoms with van der Waals surface area (Å²) in [6.07, 6.45) is 1.17. The van der Waals surface area contributed by atoms with Crippen molar-refractivity contribution in [2.24, 2.45) is 0 Å². The molecule has 25 heavy (non-hydrogen) atoms. The van der Waals surface area contributed by atoms with Crippen molar-refractivity contribution >= 4 is 41.0 Å². The van der Waals surface area contributed by atoms with Crippen LogP contribution in [-0.4, -0.2) is 58.4 Å². The molecular weight excluding hydrogens is 367 g/mol. The zero-order chi connectivity index (χ0) is 18.6. The van der Waals surface area contributed by atoms with Gasteiger partial charge in [-0.05, 0) is 38.0 Å². The minimum atomic E-state index is -0.957. The van der Waals surface area contributed by atoms with Crippen molar-refractivity contribution in [3.8, 4) is 0 Å². The topological polar surface area (TPSA) is 77.9 Å². The van der Waals surface area contributed by atoms with E-state index in [1.807, 2.05) is 0 Å². The van der Waals surface area contributed by atoms with E-state index in [1.165, 1.54) is 15.9 Å². The Morgan fingerprint density at radius 3 is 2.60 bits per heavy atom. The minimum Gasteiger partial charge on any atom is -0.481 e. The fraction of sp³-hybridized carbons (Fsp3) is 0.471. The molecule has 1 N–H and O–H groups in total. The van der Waals surface area contributed by atoms with Crippen LogP contribution in [0.15, 0.2) is 18.2 Å². The molecule has 6 nitrogen and oxygen atoms in total. The first-order valence-electron chi connectivity index (χ1n) is 8.11. The number of hydrogen-bond donors (Lipinski definition) is 1. The second-order valence-electron chi connectivity index (χ2n) is 5.85. The van der Waals surface area contributed by atoms with Crippen molar-refractivity contribution in [2.75, 3.05) is 19.6 Å². The fourth-order valence-electron chi connectivity index (χ4n) is 2.93. The van der Waals surface area contributed by atoms with E-state index in [-0.39, 0.29) is 29.8 Å². The molecule has 0 saturated carbocycles. The average Bonchev–Trinajstić information content (AvgIpc) is 3.06. The number of nitrogens with zero attached hydrogens (tertiary/aromatic N) is 2. The predicted molar refractivity (Wildman–Crippen MR) is 95.0 cm³/mol. The van der Waals surface area contributed by atoms with Gasteiger partial charge >= 0.3 is 5.97 Å². The average molecular weight is 387 g/mol. The molecule has 136 valence electrons. The fourth-order valence-corrected chi connectivity index (χ4v) is 3.23. The molecule has 1 aromatic rings. The number of carbonyl (C=O) groups is 3. The van der Waals surface area contributed by atoms with Gasteiger partial charge in [-0.1, -0.05) is 23.2 Å². The molecule has 1 aromatic carbocycles. The van der Waals surface area contributed by atoms with Gasteiger partial charge in [0.15, 0.2) is 0 Å². The molecule has 2 amide bonds. The van der Waals surface area contributed by atoms with Gasteiger partial charge in [0.25, 0.3) is 5.91 Å². The van der Waals surface area contributed by atoms with Crippen LogP contribution in [0.3, 0.4) is 0 Å². The number of carbonyl (C=O) groups excluding carboxylic acids is 2. The Labute approximate surface area is 156 Å². The summed E-state index contributed by atoms with van der Waals surface area (Å²) in [6, 6.07) is 4.05. The van der Waals surface area contributed by atoms with E-state index in [0.29, 0.717) is 30.1 Å². The SMILES string of the molecule is CCN(CCC(=O)O)C(=O)C1CCCN1C(=O)c1ccc(Cl)c(Cl)c1. The van der Waals surface area contributed by atoms with Gasteiger partial charge in [0.2, 0.25) is 5.91 Å². The highest BCUT2D eigenvalue weighted by atomic mass is 35.5. The smallest absolute Gasteiger partial charge is 0.305 e. The number of rotatable bonds is 6. The van der Waals surface area contributed by atoms with Crippen LogP contribution in [0, 0.1) is 0 Å². The predicted octanol–water partition coefficient (Wildman–Crippen LogP) is 2.92. The van der Waals surface area contributed by atoms with Crippen molar-refractivity contribution in [1.82, 2.24) is 9.80 Å². The molecule has 1 heterocycles. The summed E-state index contributed by atoms with van der Waals surface area (Å²) in [6.45, 7) is 2.80. The maximum Gasteiger partial charge on any atom is 0.305 e. The summed E-state index contributed by atoms with van der Waals surface area (Å²) in [4.78, 5) is 39.3. The highest BCUT2D eigenvalue weighted by molar-refractivity contribution is 6.42. The van der Waals surface area contributed by atoms with Gasteiger partial charge in [-0.3, -0.25) is 14.4 Å². The number of aliphatic carboxylic acids is 1. The van der Waals surface area contributed by atoms with Crippen molar-refractivity contribution in [1.29, 1.82) is 0 Å². The van der Waals surface area contributed by atoms with E-state index in [0.717, 1.165) is 6.42 Å². The van der Waals surface area contributed by atoms with Crippen LogP contribution < -0.4 is 0 Å². The molecule has 0 aromatic heterocycles. The number of carboxylic acids is 1. The Morgan fingerprint density at radius 2 is 2.00 bits per heavy atom. The molecule has 1 atom stereocenters. The van der Waals surface area contributed by atoms with E-state index in [9.17, 15) is 14.4 Å². The van der Waals surface area contributed by atoms with Crippen LogP contribution in [0.5, 0.6) is 0 Å². The molecule has 0 spiro atoms. The Balaban J connectivity index is 2.14. The molecule has 1 aliphatic rings. The Morgan fingerprint density at radius 1 is 1.28 bits per heavy atom. The number of carboxylic acid groups (broad SMARTS) is 1. The van der Waals surface area contributed by atoms with Crippen LogP contribution in [0.4, 0.5) is 0 Å². The number of benzene rings is 1. The van der Waals surface area contributed by atoms with Gasteiger partial charge in [-0.2, -0.15) is 0 Å². The quantitative estimate of drug-likeness (QED) is 0.814. The molecule has 8 heteroatoms. The van der Waals surface area contributed by atoms with Crippen LogP contribution in [0.1, 0.15) is 36.5 Å².